The lowest BCUT2D eigenvalue weighted by Gasteiger charge is -2.28. The summed E-state index contributed by atoms with van der Waals surface area (Å²) in [5.41, 5.74) is 0. The second-order valence-electron chi connectivity index (χ2n) is 5.65. The standard InChI is InChI=1S/C14H23N5/c1-2-4-11(3-1)5-6-16-13-7-14(18-10-17-13)19-12-8-15-9-12/h7,10-12,15H,1-6,8-9H2,(H2,16,17,18,19). The predicted octanol–water partition coefficient (Wildman–Crippen LogP) is 1.85. The Morgan fingerprint density at radius 3 is 2.68 bits per heavy atom. The third-order valence-corrected chi connectivity index (χ3v) is 4.13. The third kappa shape index (κ3) is 3.56. The number of hydrogen-bond donors (Lipinski definition) is 3. The molecule has 0 unspecified atom stereocenters. The molecule has 19 heavy (non-hydrogen) atoms. The molecule has 1 aromatic heterocycles. The van der Waals surface area contributed by atoms with Crippen LogP contribution in [0.25, 0.3) is 0 Å². The number of anilines is 2. The lowest BCUT2D eigenvalue weighted by molar-refractivity contribution is 0.471. The fourth-order valence-corrected chi connectivity index (χ4v) is 2.84. The summed E-state index contributed by atoms with van der Waals surface area (Å²) in [4.78, 5) is 8.53. The molecule has 0 atom stereocenters. The molecule has 0 bridgehead atoms. The third-order valence-electron chi connectivity index (χ3n) is 4.13. The van der Waals surface area contributed by atoms with E-state index in [2.05, 4.69) is 25.9 Å². The predicted molar refractivity (Wildman–Crippen MR) is 77.4 cm³/mol. The van der Waals surface area contributed by atoms with Crippen LogP contribution < -0.4 is 16.0 Å². The van der Waals surface area contributed by atoms with Gasteiger partial charge in [0.05, 0.1) is 6.04 Å². The lowest BCUT2D eigenvalue weighted by Crippen LogP contribution is -2.51. The van der Waals surface area contributed by atoms with Gasteiger partial charge in [0.15, 0.2) is 0 Å². The summed E-state index contributed by atoms with van der Waals surface area (Å²) in [6.45, 7) is 3.06. The quantitative estimate of drug-likeness (QED) is 0.729. The Hall–Kier alpha value is -1.36. The normalized spacial score (nSPS) is 20.2. The largest absolute Gasteiger partial charge is 0.370 e. The highest BCUT2D eigenvalue weighted by Gasteiger charge is 2.17. The summed E-state index contributed by atoms with van der Waals surface area (Å²) in [6, 6.07) is 2.52. The summed E-state index contributed by atoms with van der Waals surface area (Å²) in [6.07, 6.45) is 8.55. The van der Waals surface area contributed by atoms with Crippen LogP contribution in [0.2, 0.25) is 0 Å². The van der Waals surface area contributed by atoms with Crippen molar-refractivity contribution in [3.8, 4) is 0 Å². The van der Waals surface area contributed by atoms with Crippen LogP contribution in [0.4, 0.5) is 11.6 Å². The van der Waals surface area contributed by atoms with Crippen LogP contribution in [0.3, 0.4) is 0 Å². The molecule has 5 heteroatoms. The average molecular weight is 261 g/mol. The van der Waals surface area contributed by atoms with Crippen LogP contribution >= 0.6 is 0 Å². The van der Waals surface area contributed by atoms with Crippen molar-refractivity contribution in [2.24, 2.45) is 5.92 Å². The number of aromatic nitrogens is 2. The van der Waals surface area contributed by atoms with Crippen molar-refractivity contribution in [1.29, 1.82) is 0 Å². The van der Waals surface area contributed by atoms with Crippen molar-refractivity contribution in [3.63, 3.8) is 0 Å². The minimum absolute atomic E-state index is 0.515. The highest BCUT2D eigenvalue weighted by atomic mass is 15.1. The fourth-order valence-electron chi connectivity index (χ4n) is 2.84. The van der Waals surface area contributed by atoms with Crippen LogP contribution in [-0.4, -0.2) is 35.6 Å². The Bertz CT molecular complexity index is 399. The van der Waals surface area contributed by atoms with Crippen molar-refractivity contribution in [3.05, 3.63) is 12.4 Å². The van der Waals surface area contributed by atoms with E-state index in [1.54, 1.807) is 6.33 Å². The summed E-state index contributed by atoms with van der Waals surface area (Å²) >= 11 is 0. The second kappa shape index (κ2) is 6.19. The minimum atomic E-state index is 0.515. The van der Waals surface area contributed by atoms with Gasteiger partial charge in [-0.3, -0.25) is 0 Å². The van der Waals surface area contributed by atoms with Gasteiger partial charge < -0.3 is 16.0 Å². The van der Waals surface area contributed by atoms with Crippen molar-refractivity contribution in [1.82, 2.24) is 15.3 Å². The second-order valence-corrected chi connectivity index (χ2v) is 5.65. The molecule has 104 valence electrons. The van der Waals surface area contributed by atoms with Crippen LogP contribution in [0.1, 0.15) is 32.1 Å². The number of rotatable bonds is 6. The Labute approximate surface area is 114 Å². The van der Waals surface area contributed by atoms with E-state index in [1.165, 1.54) is 32.1 Å². The van der Waals surface area contributed by atoms with Crippen LogP contribution in [-0.2, 0) is 0 Å². The summed E-state index contributed by atoms with van der Waals surface area (Å²) in [5, 5.41) is 10.1. The minimum Gasteiger partial charge on any atom is -0.370 e. The van der Waals surface area contributed by atoms with Crippen LogP contribution in [0, 0.1) is 5.92 Å². The van der Waals surface area contributed by atoms with Gasteiger partial charge >= 0.3 is 0 Å². The molecule has 0 aromatic carbocycles. The van der Waals surface area contributed by atoms with Gasteiger partial charge in [0.1, 0.15) is 18.0 Å². The molecule has 5 nitrogen and oxygen atoms in total. The maximum atomic E-state index is 4.28. The molecule has 1 aliphatic heterocycles. The smallest absolute Gasteiger partial charge is 0.131 e. The molecule has 2 heterocycles. The van der Waals surface area contributed by atoms with Crippen molar-refractivity contribution in [2.75, 3.05) is 30.3 Å². The van der Waals surface area contributed by atoms with E-state index in [9.17, 15) is 0 Å². The van der Waals surface area contributed by atoms with Gasteiger partial charge in [-0.05, 0) is 12.3 Å². The van der Waals surface area contributed by atoms with Crippen LogP contribution in [0.15, 0.2) is 12.4 Å². The highest BCUT2D eigenvalue weighted by molar-refractivity contribution is 5.47. The Kier molecular flexibility index (Phi) is 4.13. The van der Waals surface area contributed by atoms with E-state index in [0.717, 1.165) is 37.2 Å². The lowest BCUT2D eigenvalue weighted by atomic mass is 10.0. The van der Waals surface area contributed by atoms with Crippen molar-refractivity contribution >= 4 is 11.6 Å². The molecular weight excluding hydrogens is 238 g/mol. The van der Waals surface area contributed by atoms with Crippen molar-refractivity contribution in [2.45, 2.75) is 38.1 Å². The van der Waals surface area contributed by atoms with E-state index in [0.29, 0.717) is 6.04 Å². The number of nitrogens with one attached hydrogen (secondary N) is 3. The molecule has 2 aliphatic rings. The molecule has 3 rings (SSSR count). The van der Waals surface area contributed by atoms with Gasteiger partial charge in [0.25, 0.3) is 0 Å². The van der Waals surface area contributed by atoms with Gasteiger partial charge in [-0.15, -0.1) is 0 Å². The fraction of sp³-hybridized carbons (Fsp3) is 0.714. The average Bonchev–Trinajstić information content (AvgIpc) is 2.88. The first kappa shape index (κ1) is 12.7. The molecule has 0 amide bonds. The van der Waals surface area contributed by atoms with E-state index in [-0.39, 0.29) is 0 Å². The van der Waals surface area contributed by atoms with E-state index in [1.807, 2.05) is 6.07 Å². The van der Waals surface area contributed by atoms with E-state index in [4.69, 9.17) is 0 Å². The molecule has 1 saturated carbocycles. The van der Waals surface area contributed by atoms with Gasteiger partial charge in [0, 0.05) is 25.7 Å². The topological polar surface area (TPSA) is 61.9 Å². The van der Waals surface area contributed by atoms with Crippen molar-refractivity contribution < 1.29 is 0 Å². The molecule has 1 aromatic rings. The summed E-state index contributed by atoms with van der Waals surface area (Å²) in [7, 11) is 0. The summed E-state index contributed by atoms with van der Waals surface area (Å²) in [5.74, 6) is 2.78. The van der Waals surface area contributed by atoms with Gasteiger partial charge in [-0.1, -0.05) is 25.7 Å². The maximum Gasteiger partial charge on any atom is 0.131 e. The van der Waals surface area contributed by atoms with Crippen LogP contribution in [0.5, 0.6) is 0 Å². The first-order chi connectivity index (χ1) is 9.40. The van der Waals surface area contributed by atoms with Gasteiger partial charge in [-0.2, -0.15) is 0 Å². The number of nitrogens with zero attached hydrogens (tertiary/aromatic N) is 2. The monoisotopic (exact) mass is 261 g/mol. The molecule has 2 fully saturated rings. The maximum absolute atomic E-state index is 4.28. The first-order valence-corrected chi connectivity index (χ1v) is 7.43. The first-order valence-electron chi connectivity index (χ1n) is 7.43. The molecule has 0 spiro atoms. The molecular formula is C14H23N5. The number of hydrogen-bond acceptors (Lipinski definition) is 5. The zero-order valence-corrected chi connectivity index (χ0v) is 11.4. The van der Waals surface area contributed by atoms with E-state index < -0.39 is 0 Å². The molecule has 1 aliphatic carbocycles. The molecule has 0 radical (unpaired) electrons. The van der Waals surface area contributed by atoms with Gasteiger partial charge in [-0.25, -0.2) is 9.97 Å². The SMILES string of the molecule is c1nc(NCCC2CCCC2)cc(NC2CNC2)n1. The Morgan fingerprint density at radius 2 is 1.95 bits per heavy atom. The molecule has 1 saturated heterocycles. The summed E-state index contributed by atoms with van der Waals surface area (Å²) < 4.78 is 0. The Balaban J connectivity index is 1.45. The Morgan fingerprint density at radius 1 is 1.16 bits per heavy atom. The zero-order chi connectivity index (χ0) is 12.9. The highest BCUT2D eigenvalue weighted by Crippen LogP contribution is 2.27. The van der Waals surface area contributed by atoms with E-state index >= 15 is 0 Å². The molecule has 3 N–H and O–H groups in total. The van der Waals surface area contributed by atoms with Gasteiger partial charge in [0.2, 0.25) is 0 Å². The zero-order valence-electron chi connectivity index (χ0n) is 11.4.